The van der Waals surface area contributed by atoms with Crippen molar-refractivity contribution in [3.8, 4) is 11.5 Å². The van der Waals surface area contributed by atoms with Crippen LogP contribution in [-0.2, 0) is 4.79 Å². The van der Waals surface area contributed by atoms with Crippen LogP contribution >= 0.6 is 0 Å². The Bertz CT molecular complexity index is 818. The summed E-state index contributed by atoms with van der Waals surface area (Å²) in [7, 11) is 3.19. The first kappa shape index (κ1) is 20.7. The molecule has 7 nitrogen and oxygen atoms in total. The van der Waals surface area contributed by atoms with Gasteiger partial charge in [-0.2, -0.15) is 5.10 Å². The second kappa shape index (κ2) is 10.5. The number of carbonyl (C=O) groups excluding carboxylic acids is 1. The predicted octanol–water partition coefficient (Wildman–Crippen LogP) is 2.37. The number of nitrogens with zero attached hydrogens (tertiary/aromatic N) is 3. The van der Waals surface area contributed by atoms with Crippen molar-refractivity contribution in [2.75, 3.05) is 51.8 Å². The largest absolute Gasteiger partial charge is 0.497 e. The molecule has 3 rings (SSSR count). The van der Waals surface area contributed by atoms with Gasteiger partial charge in [0, 0.05) is 56.5 Å². The maximum Gasteiger partial charge on any atom is 0.241 e. The van der Waals surface area contributed by atoms with E-state index in [1.807, 2.05) is 18.2 Å². The molecule has 1 aliphatic rings. The molecule has 1 fully saturated rings. The van der Waals surface area contributed by atoms with Gasteiger partial charge in [-0.1, -0.05) is 18.2 Å². The Balaban J connectivity index is 1.40. The topological polar surface area (TPSA) is 66.4 Å². The zero-order chi connectivity index (χ0) is 20.5. The van der Waals surface area contributed by atoms with Crippen molar-refractivity contribution >= 4 is 17.8 Å². The van der Waals surface area contributed by atoms with Crippen molar-refractivity contribution in [3.05, 3.63) is 54.1 Å². The normalized spacial score (nSPS) is 14.8. The van der Waals surface area contributed by atoms with Gasteiger partial charge >= 0.3 is 0 Å². The fourth-order valence-corrected chi connectivity index (χ4v) is 3.28. The van der Waals surface area contributed by atoms with E-state index in [-0.39, 0.29) is 5.91 Å². The second-order valence-corrected chi connectivity index (χ2v) is 6.82. The zero-order valence-electron chi connectivity index (χ0n) is 17.0. The fraction of sp³-hybridized carbons (Fsp3) is 0.364. The number of hydrogen-bond acceptors (Lipinski definition) is 6. The van der Waals surface area contributed by atoms with Gasteiger partial charge in [-0.05, 0) is 24.3 Å². The lowest BCUT2D eigenvalue weighted by Gasteiger charge is -2.36. The van der Waals surface area contributed by atoms with Crippen LogP contribution in [0.2, 0.25) is 0 Å². The summed E-state index contributed by atoms with van der Waals surface area (Å²) in [4.78, 5) is 16.8. The van der Waals surface area contributed by atoms with Crippen LogP contribution in [0.4, 0.5) is 5.69 Å². The van der Waals surface area contributed by atoms with Gasteiger partial charge < -0.3 is 14.4 Å². The molecule has 1 heterocycles. The molecule has 1 saturated heterocycles. The third-order valence-corrected chi connectivity index (χ3v) is 4.98. The Labute approximate surface area is 171 Å². The molecule has 7 heteroatoms. The summed E-state index contributed by atoms with van der Waals surface area (Å²) < 4.78 is 10.5. The number of rotatable bonds is 8. The number of carbonyl (C=O) groups is 1. The molecule has 0 aliphatic carbocycles. The highest BCUT2D eigenvalue weighted by Crippen LogP contribution is 2.23. The molecule has 2 aromatic rings. The predicted molar refractivity (Wildman–Crippen MR) is 115 cm³/mol. The zero-order valence-corrected chi connectivity index (χ0v) is 17.0. The minimum absolute atomic E-state index is 0.0979. The lowest BCUT2D eigenvalue weighted by molar-refractivity contribution is -0.121. The van der Waals surface area contributed by atoms with E-state index in [4.69, 9.17) is 9.47 Å². The van der Waals surface area contributed by atoms with Crippen molar-refractivity contribution in [1.82, 2.24) is 10.3 Å². The Morgan fingerprint density at radius 3 is 2.52 bits per heavy atom. The molecule has 0 unspecified atom stereocenters. The number of benzene rings is 2. The minimum atomic E-state index is -0.0979. The number of hydrazone groups is 1. The standard InChI is InChI=1S/C22H28N4O3/c1-28-20-9-8-18(21(16-20)29-2)17-23-24-22(27)10-11-25-12-14-26(15-13-25)19-6-4-3-5-7-19/h3-9,16-17H,10-15H2,1-2H3,(H,24,27)/b23-17+. The molecule has 1 aliphatic heterocycles. The first-order valence-corrected chi connectivity index (χ1v) is 9.76. The molecule has 0 saturated carbocycles. The van der Waals surface area contributed by atoms with E-state index in [1.165, 1.54) is 5.69 Å². The first-order chi connectivity index (χ1) is 14.2. The highest BCUT2D eigenvalue weighted by molar-refractivity contribution is 5.85. The van der Waals surface area contributed by atoms with Crippen LogP contribution in [0.15, 0.2) is 53.6 Å². The van der Waals surface area contributed by atoms with Crippen molar-refractivity contribution in [2.24, 2.45) is 5.10 Å². The van der Waals surface area contributed by atoms with Gasteiger partial charge in [0.15, 0.2) is 0 Å². The molecule has 154 valence electrons. The van der Waals surface area contributed by atoms with E-state index in [0.29, 0.717) is 17.9 Å². The van der Waals surface area contributed by atoms with Crippen molar-refractivity contribution < 1.29 is 14.3 Å². The molecule has 0 spiro atoms. The maximum absolute atomic E-state index is 12.1. The monoisotopic (exact) mass is 396 g/mol. The molecule has 1 N–H and O–H groups in total. The van der Waals surface area contributed by atoms with E-state index in [1.54, 1.807) is 26.5 Å². The number of piperazine rings is 1. The smallest absolute Gasteiger partial charge is 0.241 e. The molecule has 0 aromatic heterocycles. The number of para-hydroxylation sites is 1. The molecule has 2 aromatic carbocycles. The molecule has 0 radical (unpaired) electrons. The average molecular weight is 396 g/mol. The summed E-state index contributed by atoms with van der Waals surface area (Å²) >= 11 is 0. The number of anilines is 1. The minimum Gasteiger partial charge on any atom is -0.497 e. The van der Waals surface area contributed by atoms with Crippen LogP contribution < -0.4 is 19.8 Å². The van der Waals surface area contributed by atoms with Crippen LogP contribution in [0.1, 0.15) is 12.0 Å². The van der Waals surface area contributed by atoms with Crippen LogP contribution in [0, 0.1) is 0 Å². The average Bonchev–Trinajstić information content (AvgIpc) is 2.78. The van der Waals surface area contributed by atoms with E-state index in [2.05, 4.69) is 44.6 Å². The van der Waals surface area contributed by atoms with Crippen LogP contribution in [-0.4, -0.2) is 64.0 Å². The number of nitrogens with one attached hydrogen (secondary N) is 1. The number of methoxy groups -OCH3 is 2. The quantitative estimate of drug-likeness (QED) is 0.548. The van der Waals surface area contributed by atoms with Crippen molar-refractivity contribution in [1.29, 1.82) is 0 Å². The van der Waals surface area contributed by atoms with Gasteiger partial charge in [0.1, 0.15) is 11.5 Å². The Kier molecular flexibility index (Phi) is 7.47. The highest BCUT2D eigenvalue weighted by atomic mass is 16.5. The number of amides is 1. The van der Waals surface area contributed by atoms with Gasteiger partial charge in [-0.15, -0.1) is 0 Å². The van der Waals surface area contributed by atoms with Gasteiger partial charge in [-0.25, -0.2) is 5.43 Å². The summed E-state index contributed by atoms with van der Waals surface area (Å²) in [5.74, 6) is 1.24. The van der Waals surface area contributed by atoms with Crippen LogP contribution in [0.5, 0.6) is 11.5 Å². The van der Waals surface area contributed by atoms with E-state index in [9.17, 15) is 4.79 Å². The summed E-state index contributed by atoms with van der Waals surface area (Å²) in [5, 5.41) is 4.05. The maximum atomic E-state index is 12.1. The summed E-state index contributed by atoms with van der Waals surface area (Å²) in [6.45, 7) is 4.58. The molecule has 0 bridgehead atoms. The van der Waals surface area contributed by atoms with Crippen molar-refractivity contribution in [2.45, 2.75) is 6.42 Å². The molecular weight excluding hydrogens is 368 g/mol. The van der Waals surface area contributed by atoms with E-state index in [0.717, 1.165) is 38.3 Å². The third-order valence-electron chi connectivity index (χ3n) is 4.98. The Morgan fingerprint density at radius 1 is 1.07 bits per heavy atom. The molecule has 1 amide bonds. The SMILES string of the molecule is COc1ccc(/C=N/NC(=O)CCN2CCN(c3ccccc3)CC2)c(OC)c1. The number of hydrogen-bond donors (Lipinski definition) is 1. The lowest BCUT2D eigenvalue weighted by Crippen LogP contribution is -2.47. The van der Waals surface area contributed by atoms with Gasteiger partial charge in [-0.3, -0.25) is 9.69 Å². The van der Waals surface area contributed by atoms with Gasteiger partial charge in [0.2, 0.25) is 5.91 Å². The molecule has 0 atom stereocenters. The van der Waals surface area contributed by atoms with Crippen molar-refractivity contribution in [3.63, 3.8) is 0 Å². The third kappa shape index (κ3) is 5.96. The summed E-state index contributed by atoms with van der Waals surface area (Å²) in [5.41, 5.74) is 4.62. The molecule has 29 heavy (non-hydrogen) atoms. The van der Waals surface area contributed by atoms with E-state index < -0.39 is 0 Å². The van der Waals surface area contributed by atoms with Gasteiger partial charge in [0.25, 0.3) is 0 Å². The molecular formula is C22H28N4O3. The van der Waals surface area contributed by atoms with E-state index >= 15 is 0 Å². The highest BCUT2D eigenvalue weighted by Gasteiger charge is 2.17. The Morgan fingerprint density at radius 2 is 1.83 bits per heavy atom. The second-order valence-electron chi connectivity index (χ2n) is 6.82. The fourth-order valence-electron chi connectivity index (χ4n) is 3.28. The Hall–Kier alpha value is -3.06. The van der Waals surface area contributed by atoms with Crippen LogP contribution in [0.3, 0.4) is 0 Å². The van der Waals surface area contributed by atoms with Crippen LogP contribution in [0.25, 0.3) is 0 Å². The first-order valence-electron chi connectivity index (χ1n) is 9.76. The lowest BCUT2D eigenvalue weighted by atomic mass is 10.2. The summed E-state index contributed by atoms with van der Waals surface area (Å²) in [6.07, 6.45) is 2.00. The number of ether oxygens (including phenoxy) is 2. The van der Waals surface area contributed by atoms with Gasteiger partial charge in [0.05, 0.1) is 20.4 Å². The summed E-state index contributed by atoms with van der Waals surface area (Å²) in [6, 6.07) is 15.9.